The molecule has 0 N–H and O–H groups in total. The van der Waals surface area contributed by atoms with Gasteiger partial charge in [-0.1, -0.05) is 0 Å². The topological polar surface area (TPSA) is 0 Å². The van der Waals surface area contributed by atoms with Gasteiger partial charge >= 0.3 is 0 Å². The number of hydrogen-bond acceptors (Lipinski definition) is 1. The zero-order valence-corrected chi connectivity index (χ0v) is 39.8. The fraction of sp³-hybridized carbons (Fsp3) is 1.00. The van der Waals surface area contributed by atoms with Gasteiger partial charge in [-0.25, -0.2) is 70.2 Å². The lowest BCUT2D eigenvalue weighted by molar-refractivity contribution is 1.00. The molecule has 0 saturated carbocycles. The van der Waals surface area contributed by atoms with Crippen molar-refractivity contribution in [2.24, 2.45) is 0 Å². The zero-order valence-electron chi connectivity index (χ0n) is 33.2. The first kappa shape index (κ1) is 46.8. The second-order valence-corrected chi connectivity index (χ2v) is 49.5. The molecule has 0 aliphatic carbocycles. The summed E-state index contributed by atoms with van der Waals surface area (Å²) in [5.41, 5.74) is 0. The van der Waals surface area contributed by atoms with Crippen LogP contribution in [0, 0.1) is 0 Å². The Morgan fingerprint density at radius 3 is 0.568 bits per heavy atom. The molecule has 0 spiro atoms. The van der Waals surface area contributed by atoms with E-state index in [4.69, 9.17) is 0 Å². The molecule has 0 aromatic heterocycles. The highest BCUT2D eigenvalue weighted by Gasteiger charge is 2.25. The fourth-order valence-electron chi connectivity index (χ4n) is 6.20. The lowest BCUT2D eigenvalue weighted by Crippen LogP contribution is -2.21. The van der Waals surface area contributed by atoms with Crippen LogP contribution >= 0.6 is 82.8 Å². The van der Waals surface area contributed by atoms with Crippen molar-refractivity contribution in [1.82, 2.24) is 0 Å². The molecular formula is C36H88S8. The first-order valence-corrected chi connectivity index (χ1v) is 37.6. The molecule has 0 aromatic rings. The molecule has 0 atom stereocenters. The van der Waals surface area contributed by atoms with E-state index in [2.05, 4.69) is 106 Å². The Morgan fingerprint density at radius 2 is 0.409 bits per heavy atom. The molecule has 0 fully saturated rings. The van der Waals surface area contributed by atoms with Gasteiger partial charge in [0.2, 0.25) is 0 Å². The Bertz CT molecular complexity index is 643. The first-order valence-electron chi connectivity index (χ1n) is 17.2. The van der Waals surface area contributed by atoms with E-state index in [0.29, 0.717) is 0 Å². The molecule has 0 aliphatic heterocycles. The van der Waals surface area contributed by atoms with E-state index in [1.165, 1.54) is 108 Å². The highest BCUT2D eigenvalue weighted by Crippen LogP contribution is 2.54. The Kier molecular flexibility index (Phi) is 22.6. The van der Waals surface area contributed by atoms with Gasteiger partial charge in [-0.3, -0.25) is 0 Å². The van der Waals surface area contributed by atoms with Crippen LogP contribution in [-0.2, 0) is 0 Å². The normalized spacial score (nSPS) is 17.0. The molecule has 0 radical (unpaired) electrons. The molecule has 0 nitrogen and oxygen atoms in total. The van der Waals surface area contributed by atoms with Crippen LogP contribution in [0.25, 0.3) is 0 Å². The van der Waals surface area contributed by atoms with Crippen LogP contribution < -0.4 is 0 Å². The largest absolute Gasteiger partial charge is 0.250 e. The average molecular weight is 778 g/mol. The summed E-state index contributed by atoms with van der Waals surface area (Å²) in [4.78, 5) is 0. The van der Waals surface area contributed by atoms with Gasteiger partial charge < -0.3 is 0 Å². The van der Waals surface area contributed by atoms with Crippen LogP contribution in [0.5, 0.6) is 0 Å². The maximum absolute atomic E-state index is 4.68. The Morgan fingerprint density at radius 1 is 0.250 bits per heavy atom. The highest BCUT2D eigenvalue weighted by atomic mass is 32.3. The predicted molar refractivity (Wildman–Crippen MR) is 251 cm³/mol. The van der Waals surface area contributed by atoms with Crippen molar-refractivity contribution in [3.8, 4) is 0 Å². The van der Waals surface area contributed by atoms with E-state index in [0.717, 1.165) is 5.75 Å². The smallest absolute Gasteiger partial charge is 0.00906 e. The third kappa shape index (κ3) is 27.6. The molecule has 280 valence electrons. The summed E-state index contributed by atoms with van der Waals surface area (Å²) >= 11 is 4.68. The monoisotopic (exact) mass is 776 g/mol. The summed E-state index contributed by atoms with van der Waals surface area (Å²) in [6, 6.07) is 0. The highest BCUT2D eigenvalue weighted by molar-refractivity contribution is 8.35. The van der Waals surface area contributed by atoms with Crippen molar-refractivity contribution in [1.29, 1.82) is 0 Å². The first-order chi connectivity index (χ1) is 19.8. The molecule has 0 unspecified atom stereocenters. The van der Waals surface area contributed by atoms with Crippen LogP contribution in [0.4, 0.5) is 0 Å². The molecule has 0 heterocycles. The van der Waals surface area contributed by atoms with Gasteiger partial charge in [-0.2, -0.15) is 12.6 Å². The van der Waals surface area contributed by atoms with Crippen LogP contribution in [0.15, 0.2) is 0 Å². The molecule has 0 saturated heterocycles. The van der Waals surface area contributed by atoms with Crippen LogP contribution in [0.2, 0.25) is 0 Å². The van der Waals surface area contributed by atoms with Gasteiger partial charge in [0.1, 0.15) is 0 Å². The number of thiol groups is 1. The van der Waals surface area contributed by atoms with E-state index in [1.807, 2.05) is 0 Å². The second-order valence-electron chi connectivity index (χ2n) is 18.2. The van der Waals surface area contributed by atoms with E-state index in [9.17, 15) is 0 Å². The van der Waals surface area contributed by atoms with Crippen molar-refractivity contribution >= 4 is 82.8 Å². The molecule has 0 aromatic carbocycles. The van der Waals surface area contributed by atoms with Gasteiger partial charge in [0, 0.05) is 0 Å². The SMILES string of the molecule is CS(C)(C)CCCS(C)(CCCS(C)(C)C)CCCS(C)(CCCS)CCCS(C)(CCCS(C)(C)C)CCCS(C)(C)C. The van der Waals surface area contributed by atoms with Crippen molar-refractivity contribution in [2.45, 2.75) is 44.9 Å². The van der Waals surface area contributed by atoms with Crippen LogP contribution in [0.3, 0.4) is 0 Å². The summed E-state index contributed by atoms with van der Waals surface area (Å²) < 4.78 is 0. The van der Waals surface area contributed by atoms with E-state index in [1.54, 1.807) is 11.5 Å². The van der Waals surface area contributed by atoms with E-state index >= 15 is 0 Å². The van der Waals surface area contributed by atoms with Crippen molar-refractivity contribution in [3.05, 3.63) is 0 Å². The third-order valence-electron chi connectivity index (χ3n) is 8.92. The Balaban J connectivity index is 5.40. The van der Waals surface area contributed by atoms with Gasteiger partial charge in [0.25, 0.3) is 0 Å². The predicted octanol–water partition coefficient (Wildman–Crippen LogP) is 10.7. The van der Waals surface area contributed by atoms with Crippen molar-refractivity contribution in [3.63, 3.8) is 0 Å². The van der Waals surface area contributed by atoms with Crippen molar-refractivity contribution < 1.29 is 0 Å². The summed E-state index contributed by atoms with van der Waals surface area (Å²) in [5.74, 6) is 20.7. The lowest BCUT2D eigenvalue weighted by atomic mass is 10.5. The average Bonchev–Trinajstić information content (AvgIpc) is 2.79. The summed E-state index contributed by atoms with van der Waals surface area (Å²) in [5, 5.41) is 0. The summed E-state index contributed by atoms with van der Waals surface area (Å²) in [7, 11) is -2.99. The minimum absolute atomic E-state index is 0.375. The van der Waals surface area contributed by atoms with Gasteiger partial charge in [-0.05, 0) is 219 Å². The Hall–Kier alpha value is 2.80. The second kappa shape index (κ2) is 21.2. The maximum Gasteiger partial charge on any atom is -0.00906 e. The van der Waals surface area contributed by atoms with Crippen LogP contribution in [0.1, 0.15) is 44.9 Å². The Labute approximate surface area is 299 Å². The maximum atomic E-state index is 4.68. The third-order valence-corrected chi connectivity index (χ3v) is 26.8. The van der Waals surface area contributed by atoms with E-state index in [-0.39, 0.29) is 40.1 Å². The number of hydrogen-bond donors (Lipinski definition) is 1. The quantitative estimate of drug-likeness (QED) is 0.0790. The summed E-state index contributed by atoms with van der Waals surface area (Å²) in [6.45, 7) is 0. The lowest BCUT2D eigenvalue weighted by Gasteiger charge is -2.43. The molecular weight excluding hydrogens is 689 g/mol. The molecule has 0 amide bonds. The number of rotatable bonds is 27. The minimum atomic E-state index is -0.527. The van der Waals surface area contributed by atoms with Gasteiger partial charge in [0.05, 0.1) is 0 Å². The standard InChI is InChI=1S/C36H88S8/c1-38(2,3)24-17-29-43(14,30-18-25-39(4,5)6)35-21-33-42(13,28-16-23-37)34-22-36-44(15,31-19-26-40(7,8)9)32-20-27-41(10,11)12/h37H,16-36H2,1-15H3. The fourth-order valence-corrected chi connectivity index (χ4v) is 21.1. The molecule has 0 bridgehead atoms. The minimum Gasteiger partial charge on any atom is -0.250 e. The van der Waals surface area contributed by atoms with Gasteiger partial charge in [0.15, 0.2) is 0 Å². The van der Waals surface area contributed by atoms with Crippen LogP contribution in [-0.4, -0.2) is 174 Å². The zero-order chi connectivity index (χ0) is 34.3. The summed E-state index contributed by atoms with van der Waals surface area (Å²) in [6.07, 6.45) is 48.7. The van der Waals surface area contributed by atoms with Gasteiger partial charge in [-0.15, -0.1) is 0 Å². The molecule has 0 aliphatic rings. The molecule has 44 heavy (non-hydrogen) atoms. The van der Waals surface area contributed by atoms with E-state index < -0.39 is 30.1 Å². The van der Waals surface area contributed by atoms with Crippen molar-refractivity contribution in [2.75, 3.05) is 174 Å². The molecule has 8 heteroatoms. The molecule has 0 rings (SSSR count).